The molecule has 0 radical (unpaired) electrons. The number of aromatic nitrogens is 6. The Kier molecular flexibility index (Phi) is 2.98. The Morgan fingerprint density at radius 2 is 2.18 bits per heavy atom. The van der Waals surface area contributed by atoms with Gasteiger partial charge >= 0.3 is 0 Å². The summed E-state index contributed by atoms with van der Waals surface area (Å²) < 4.78 is 1.52. The third-order valence-corrected chi connectivity index (χ3v) is 4.48. The van der Waals surface area contributed by atoms with Gasteiger partial charge in [-0.25, -0.2) is 10.1 Å². The number of aryl methyl sites for hydroxylation is 1. The zero-order chi connectivity index (χ0) is 15.3. The zero-order valence-corrected chi connectivity index (χ0v) is 12.7. The Labute approximate surface area is 127 Å². The van der Waals surface area contributed by atoms with Crippen LogP contribution in [-0.2, 0) is 0 Å². The maximum Gasteiger partial charge on any atom is 0.294 e. The van der Waals surface area contributed by atoms with Gasteiger partial charge in [-0.15, -0.1) is 5.10 Å². The molecule has 0 aliphatic heterocycles. The Hall–Kier alpha value is -2.25. The van der Waals surface area contributed by atoms with Gasteiger partial charge in [-0.2, -0.15) is 14.8 Å². The van der Waals surface area contributed by atoms with E-state index >= 15 is 0 Å². The van der Waals surface area contributed by atoms with Crippen LogP contribution in [0.4, 0.5) is 0 Å². The highest BCUT2D eigenvalue weighted by Crippen LogP contribution is 2.40. The lowest BCUT2D eigenvalue weighted by molar-refractivity contribution is 0.0641. The first-order valence-corrected chi connectivity index (χ1v) is 7.77. The van der Waals surface area contributed by atoms with Crippen LogP contribution in [0.1, 0.15) is 49.1 Å². The number of hydrogen-bond donors (Lipinski definition) is 1. The highest BCUT2D eigenvalue weighted by molar-refractivity contribution is 5.91. The predicted octanol–water partition coefficient (Wildman–Crippen LogP) is 1.10. The molecule has 1 unspecified atom stereocenters. The first-order valence-electron chi connectivity index (χ1n) is 7.77. The first kappa shape index (κ1) is 13.4. The molecule has 22 heavy (non-hydrogen) atoms. The molecule has 1 N–H and O–H groups in total. The molecule has 2 aliphatic carbocycles. The van der Waals surface area contributed by atoms with Crippen LogP contribution in [-0.4, -0.2) is 52.8 Å². The van der Waals surface area contributed by atoms with E-state index < -0.39 is 0 Å². The summed E-state index contributed by atoms with van der Waals surface area (Å²) in [4.78, 5) is 23.3. The number of aromatic amines is 1. The summed E-state index contributed by atoms with van der Waals surface area (Å²) in [5, 5.41) is 10.9. The molecule has 0 spiro atoms. The number of amides is 1. The smallest absolute Gasteiger partial charge is 0.294 e. The summed E-state index contributed by atoms with van der Waals surface area (Å²) in [5.74, 6) is 1.91. The topological polar surface area (TPSA) is 92.6 Å². The molecule has 8 heteroatoms. The van der Waals surface area contributed by atoms with Crippen LogP contribution < -0.4 is 0 Å². The molecule has 2 aliphatic rings. The Balaban J connectivity index is 1.62. The summed E-state index contributed by atoms with van der Waals surface area (Å²) in [6, 6.07) is 0.637. The van der Waals surface area contributed by atoms with E-state index in [1.165, 1.54) is 23.9 Å². The van der Waals surface area contributed by atoms with E-state index in [2.05, 4.69) is 32.2 Å². The molecule has 2 aromatic rings. The van der Waals surface area contributed by atoms with Gasteiger partial charge in [0.05, 0.1) is 0 Å². The zero-order valence-electron chi connectivity index (χ0n) is 12.7. The van der Waals surface area contributed by atoms with Gasteiger partial charge in [0.15, 0.2) is 0 Å². The minimum absolute atomic E-state index is 0.0664. The second kappa shape index (κ2) is 4.89. The molecule has 4 rings (SSSR count). The van der Waals surface area contributed by atoms with Gasteiger partial charge in [0, 0.05) is 12.1 Å². The molecular weight excluding hydrogens is 282 g/mol. The van der Waals surface area contributed by atoms with Crippen molar-refractivity contribution in [2.45, 2.75) is 51.6 Å². The number of hydrogen-bond acceptors (Lipinski definition) is 5. The molecule has 1 amide bonds. The van der Waals surface area contributed by atoms with Crippen molar-refractivity contribution in [3.63, 3.8) is 0 Å². The lowest BCUT2D eigenvalue weighted by Crippen LogP contribution is -2.42. The third kappa shape index (κ3) is 2.28. The molecular formula is C14H19N7O. The van der Waals surface area contributed by atoms with E-state index in [0.717, 1.165) is 12.8 Å². The molecule has 116 valence electrons. The summed E-state index contributed by atoms with van der Waals surface area (Å²) in [5.41, 5.74) is 0. The maximum absolute atomic E-state index is 12.9. The van der Waals surface area contributed by atoms with E-state index in [1.54, 1.807) is 6.92 Å². The molecule has 8 nitrogen and oxygen atoms in total. The van der Waals surface area contributed by atoms with Crippen LogP contribution in [0, 0.1) is 12.8 Å². The predicted molar refractivity (Wildman–Crippen MR) is 77.4 cm³/mol. The van der Waals surface area contributed by atoms with Crippen molar-refractivity contribution >= 4 is 5.91 Å². The lowest BCUT2D eigenvalue weighted by Gasteiger charge is -2.28. The summed E-state index contributed by atoms with van der Waals surface area (Å²) in [7, 11) is 0. The van der Waals surface area contributed by atoms with Crippen molar-refractivity contribution < 1.29 is 4.79 Å². The van der Waals surface area contributed by atoms with E-state index in [9.17, 15) is 4.79 Å². The van der Waals surface area contributed by atoms with Gasteiger partial charge in [-0.1, -0.05) is 0 Å². The monoisotopic (exact) mass is 301 g/mol. The number of nitrogens with zero attached hydrogens (tertiary/aromatic N) is 6. The summed E-state index contributed by atoms with van der Waals surface area (Å²) in [6.07, 6.45) is 6.02. The Morgan fingerprint density at radius 3 is 2.77 bits per heavy atom. The first-order chi connectivity index (χ1) is 10.6. The van der Waals surface area contributed by atoms with E-state index in [1.807, 2.05) is 4.90 Å². The lowest BCUT2D eigenvalue weighted by atomic mass is 10.1. The van der Waals surface area contributed by atoms with Gasteiger partial charge in [0.1, 0.15) is 12.2 Å². The van der Waals surface area contributed by atoms with Gasteiger partial charge in [-0.3, -0.25) is 4.79 Å². The number of nitrogens with one attached hydrogen (secondary N) is 1. The van der Waals surface area contributed by atoms with Crippen LogP contribution in [0.15, 0.2) is 6.33 Å². The Morgan fingerprint density at radius 1 is 1.41 bits per heavy atom. The van der Waals surface area contributed by atoms with Crippen LogP contribution in [0.3, 0.4) is 0 Å². The van der Waals surface area contributed by atoms with Crippen molar-refractivity contribution in [3.8, 4) is 5.95 Å². The molecule has 1 atom stereocenters. The Bertz CT molecular complexity index is 684. The average Bonchev–Trinajstić information content (AvgIpc) is 3.42. The van der Waals surface area contributed by atoms with Crippen LogP contribution in [0.25, 0.3) is 5.95 Å². The van der Waals surface area contributed by atoms with Crippen LogP contribution in [0.5, 0.6) is 0 Å². The molecule has 0 bridgehead atoms. The molecule has 2 saturated carbocycles. The van der Waals surface area contributed by atoms with Crippen molar-refractivity contribution in [2.24, 2.45) is 5.92 Å². The number of rotatable bonds is 5. The van der Waals surface area contributed by atoms with Crippen molar-refractivity contribution in [3.05, 3.63) is 18.0 Å². The number of carbonyl (C=O) groups excluding carboxylic acids is 1. The molecule has 2 fully saturated rings. The number of carbonyl (C=O) groups is 1. The van der Waals surface area contributed by atoms with Crippen molar-refractivity contribution in [1.82, 2.24) is 34.8 Å². The largest absolute Gasteiger partial charge is 0.330 e. The van der Waals surface area contributed by atoms with E-state index in [0.29, 0.717) is 23.7 Å². The molecule has 0 saturated heterocycles. The van der Waals surface area contributed by atoms with Gasteiger partial charge in [0.2, 0.25) is 11.8 Å². The van der Waals surface area contributed by atoms with Gasteiger partial charge in [-0.05, 0) is 45.4 Å². The highest BCUT2D eigenvalue weighted by atomic mass is 16.2. The second-order valence-electron chi connectivity index (χ2n) is 6.23. The minimum Gasteiger partial charge on any atom is -0.330 e. The minimum atomic E-state index is -0.0664. The van der Waals surface area contributed by atoms with E-state index in [4.69, 9.17) is 0 Å². The fraction of sp³-hybridized carbons (Fsp3) is 0.643. The molecule has 0 aromatic carbocycles. The number of H-pyrrole nitrogens is 1. The fourth-order valence-corrected chi connectivity index (χ4v) is 2.94. The summed E-state index contributed by atoms with van der Waals surface area (Å²) >= 11 is 0. The third-order valence-electron chi connectivity index (χ3n) is 4.48. The van der Waals surface area contributed by atoms with E-state index in [-0.39, 0.29) is 17.8 Å². The second-order valence-corrected chi connectivity index (χ2v) is 6.23. The van der Waals surface area contributed by atoms with Crippen molar-refractivity contribution in [2.75, 3.05) is 0 Å². The van der Waals surface area contributed by atoms with Gasteiger partial charge in [0.25, 0.3) is 5.91 Å². The van der Waals surface area contributed by atoms with Crippen LogP contribution in [0.2, 0.25) is 0 Å². The molecule has 2 aromatic heterocycles. The highest BCUT2D eigenvalue weighted by Gasteiger charge is 2.43. The summed E-state index contributed by atoms with van der Waals surface area (Å²) in [6.45, 7) is 3.95. The average molecular weight is 301 g/mol. The van der Waals surface area contributed by atoms with Crippen molar-refractivity contribution in [1.29, 1.82) is 0 Å². The van der Waals surface area contributed by atoms with Gasteiger partial charge < -0.3 is 4.90 Å². The molecule has 2 heterocycles. The SMILES string of the molecule is Cc1nc(C(=O)N(C2CC2)C(C)C2CC2)nn1-c1ncn[nH]1. The maximum atomic E-state index is 12.9. The standard InChI is InChI=1S/C14H19N7O/c1-8(10-3-4-10)20(11-5-6-11)13(22)12-17-9(2)21(19-12)14-15-7-16-18-14/h7-8,10-11H,3-6H2,1-2H3,(H,15,16,18). The normalized spacial score (nSPS) is 19.2. The fourth-order valence-electron chi connectivity index (χ4n) is 2.94. The quantitative estimate of drug-likeness (QED) is 0.892. The van der Waals surface area contributed by atoms with Crippen LogP contribution >= 0.6 is 0 Å².